The Morgan fingerprint density at radius 1 is 1.06 bits per heavy atom. The van der Waals surface area contributed by atoms with E-state index in [9.17, 15) is 13.2 Å². The normalized spacial score (nSPS) is 18.2. The number of ether oxygens (including phenoxy) is 3. The third kappa shape index (κ3) is 4.31. The van der Waals surface area contributed by atoms with Gasteiger partial charge >= 0.3 is 5.97 Å². The first-order chi connectivity index (χ1) is 16.0. The molecule has 172 valence electrons. The lowest BCUT2D eigenvalue weighted by molar-refractivity contribution is -0.148. The number of carbonyl (C=O) groups is 1. The molecule has 0 saturated carbocycles. The Labute approximate surface area is 190 Å². The summed E-state index contributed by atoms with van der Waals surface area (Å²) in [5.74, 6) is 0.823. The number of aromatic nitrogens is 1. The summed E-state index contributed by atoms with van der Waals surface area (Å²) in [6.45, 7) is 0.892. The highest BCUT2D eigenvalue weighted by molar-refractivity contribution is 7.89. The summed E-state index contributed by atoms with van der Waals surface area (Å²) >= 11 is 0. The number of hydrogen-bond acceptors (Lipinski definition) is 8. The minimum atomic E-state index is -3.92. The van der Waals surface area contributed by atoms with Crippen LogP contribution in [0.4, 0.5) is 0 Å². The molecule has 3 aromatic rings. The van der Waals surface area contributed by atoms with Crippen molar-refractivity contribution in [2.75, 3.05) is 19.8 Å². The third-order valence-corrected chi connectivity index (χ3v) is 7.48. The predicted molar refractivity (Wildman–Crippen MR) is 116 cm³/mol. The van der Waals surface area contributed by atoms with Crippen LogP contribution in [0, 0.1) is 0 Å². The first-order valence-corrected chi connectivity index (χ1v) is 12.1. The van der Waals surface area contributed by atoms with Crippen LogP contribution in [-0.4, -0.2) is 49.6 Å². The molecule has 0 bridgehead atoms. The molecule has 2 aromatic carbocycles. The van der Waals surface area contributed by atoms with Crippen LogP contribution in [0.15, 0.2) is 64.0 Å². The minimum Gasteiger partial charge on any atom is -0.486 e. The van der Waals surface area contributed by atoms with E-state index >= 15 is 0 Å². The van der Waals surface area contributed by atoms with Crippen LogP contribution in [0.5, 0.6) is 11.5 Å². The lowest BCUT2D eigenvalue weighted by atomic mass is 10.2. The fourth-order valence-corrected chi connectivity index (χ4v) is 5.61. The van der Waals surface area contributed by atoms with Crippen LogP contribution < -0.4 is 9.47 Å². The second kappa shape index (κ2) is 8.87. The SMILES string of the molecule is O=C(OCc1cc(-c2ccccc2)on1)[C@H]1CCCN1S(=O)(=O)c1ccc2c(c1)OCCO2. The fourth-order valence-electron chi connectivity index (χ4n) is 3.94. The van der Waals surface area contributed by atoms with Crippen molar-refractivity contribution in [2.24, 2.45) is 0 Å². The molecule has 5 rings (SSSR count). The highest BCUT2D eigenvalue weighted by atomic mass is 32.2. The molecular formula is C23H22N2O7S. The molecule has 2 aliphatic heterocycles. The Balaban J connectivity index is 1.27. The highest BCUT2D eigenvalue weighted by Crippen LogP contribution is 2.35. The van der Waals surface area contributed by atoms with Crippen molar-refractivity contribution in [1.82, 2.24) is 9.46 Å². The average molecular weight is 471 g/mol. The van der Waals surface area contributed by atoms with Crippen molar-refractivity contribution in [1.29, 1.82) is 0 Å². The Hall–Kier alpha value is -3.37. The molecule has 0 spiro atoms. The average Bonchev–Trinajstić information content (AvgIpc) is 3.53. The molecule has 1 aromatic heterocycles. The van der Waals surface area contributed by atoms with E-state index in [2.05, 4.69) is 5.16 Å². The molecular weight excluding hydrogens is 448 g/mol. The Morgan fingerprint density at radius 2 is 1.85 bits per heavy atom. The summed E-state index contributed by atoms with van der Waals surface area (Å²) in [4.78, 5) is 12.8. The van der Waals surface area contributed by atoms with E-state index < -0.39 is 22.0 Å². The second-order valence-electron chi connectivity index (χ2n) is 7.74. The maximum absolute atomic E-state index is 13.3. The van der Waals surface area contributed by atoms with Gasteiger partial charge in [-0.2, -0.15) is 4.31 Å². The third-order valence-electron chi connectivity index (χ3n) is 5.58. The summed E-state index contributed by atoms with van der Waals surface area (Å²) in [7, 11) is -3.92. The van der Waals surface area contributed by atoms with Gasteiger partial charge in [0.25, 0.3) is 0 Å². The van der Waals surface area contributed by atoms with E-state index in [1.807, 2.05) is 30.3 Å². The van der Waals surface area contributed by atoms with Gasteiger partial charge in [0.1, 0.15) is 31.6 Å². The van der Waals surface area contributed by atoms with Gasteiger partial charge < -0.3 is 18.7 Å². The smallest absolute Gasteiger partial charge is 0.324 e. The molecule has 3 heterocycles. The Kier molecular flexibility index (Phi) is 5.77. The van der Waals surface area contributed by atoms with Crippen molar-refractivity contribution in [2.45, 2.75) is 30.4 Å². The standard InChI is InChI=1S/C23H22N2O7S/c26-23(31-15-17-13-21(32-24-17)16-5-2-1-3-6-16)19-7-4-10-25(19)33(27,28)18-8-9-20-22(14-18)30-12-11-29-20/h1-3,5-6,8-9,13-14,19H,4,7,10-12,15H2/t19-/m1/s1. The molecule has 10 heteroatoms. The number of rotatable bonds is 6. The zero-order valence-electron chi connectivity index (χ0n) is 17.7. The zero-order valence-corrected chi connectivity index (χ0v) is 18.5. The van der Waals surface area contributed by atoms with E-state index in [0.29, 0.717) is 49.0 Å². The van der Waals surface area contributed by atoms with Crippen LogP contribution in [0.25, 0.3) is 11.3 Å². The fraction of sp³-hybridized carbons (Fsp3) is 0.304. The van der Waals surface area contributed by atoms with E-state index in [4.69, 9.17) is 18.7 Å². The second-order valence-corrected chi connectivity index (χ2v) is 9.63. The van der Waals surface area contributed by atoms with Crippen LogP contribution in [0.3, 0.4) is 0 Å². The molecule has 2 aliphatic rings. The van der Waals surface area contributed by atoms with Gasteiger partial charge in [0.15, 0.2) is 17.3 Å². The Morgan fingerprint density at radius 3 is 2.67 bits per heavy atom. The van der Waals surface area contributed by atoms with Gasteiger partial charge in [-0.15, -0.1) is 0 Å². The number of esters is 1. The zero-order chi connectivity index (χ0) is 22.8. The van der Waals surface area contributed by atoms with Crippen LogP contribution in [-0.2, 0) is 26.2 Å². The molecule has 0 aliphatic carbocycles. The van der Waals surface area contributed by atoms with Gasteiger partial charge in [0.05, 0.1) is 4.90 Å². The lowest BCUT2D eigenvalue weighted by Gasteiger charge is -2.24. The minimum absolute atomic E-state index is 0.0513. The summed E-state index contributed by atoms with van der Waals surface area (Å²) in [6, 6.07) is 14.7. The van der Waals surface area contributed by atoms with E-state index in [1.165, 1.54) is 16.4 Å². The number of benzene rings is 2. The number of nitrogens with zero attached hydrogens (tertiary/aromatic N) is 2. The van der Waals surface area contributed by atoms with Gasteiger partial charge in [0, 0.05) is 24.2 Å². The molecule has 1 atom stereocenters. The van der Waals surface area contributed by atoms with Gasteiger partial charge in [-0.25, -0.2) is 8.42 Å². The van der Waals surface area contributed by atoms with Crippen molar-refractivity contribution < 1.29 is 31.9 Å². The Bertz CT molecular complexity index is 1260. The van der Waals surface area contributed by atoms with Gasteiger partial charge in [-0.1, -0.05) is 35.5 Å². The van der Waals surface area contributed by atoms with Crippen LogP contribution >= 0.6 is 0 Å². The molecule has 0 unspecified atom stereocenters. The predicted octanol–water partition coefficient (Wildman–Crippen LogP) is 3.01. The monoisotopic (exact) mass is 470 g/mol. The largest absolute Gasteiger partial charge is 0.486 e. The first kappa shape index (κ1) is 21.5. The number of carbonyl (C=O) groups excluding carboxylic acids is 1. The van der Waals surface area contributed by atoms with E-state index in [1.54, 1.807) is 12.1 Å². The maximum atomic E-state index is 13.3. The molecule has 0 radical (unpaired) electrons. The summed E-state index contributed by atoms with van der Waals surface area (Å²) in [5.41, 5.74) is 1.30. The van der Waals surface area contributed by atoms with Crippen molar-refractivity contribution in [3.8, 4) is 22.8 Å². The molecule has 1 fully saturated rings. The van der Waals surface area contributed by atoms with Gasteiger partial charge in [-0.05, 0) is 25.0 Å². The maximum Gasteiger partial charge on any atom is 0.324 e. The number of fused-ring (bicyclic) bond motifs is 1. The lowest BCUT2D eigenvalue weighted by Crippen LogP contribution is -2.41. The van der Waals surface area contributed by atoms with Crippen LogP contribution in [0.2, 0.25) is 0 Å². The number of hydrogen-bond donors (Lipinski definition) is 0. The molecule has 0 amide bonds. The molecule has 33 heavy (non-hydrogen) atoms. The van der Waals surface area contributed by atoms with E-state index in [-0.39, 0.29) is 18.0 Å². The topological polar surface area (TPSA) is 108 Å². The van der Waals surface area contributed by atoms with Crippen LogP contribution in [0.1, 0.15) is 18.5 Å². The highest BCUT2D eigenvalue weighted by Gasteiger charge is 2.41. The number of sulfonamides is 1. The molecule has 9 nitrogen and oxygen atoms in total. The van der Waals surface area contributed by atoms with E-state index in [0.717, 1.165) is 5.56 Å². The van der Waals surface area contributed by atoms with Crippen molar-refractivity contribution >= 4 is 16.0 Å². The summed E-state index contributed by atoms with van der Waals surface area (Å²) < 4.78 is 49.4. The van der Waals surface area contributed by atoms with Gasteiger partial charge in [0.2, 0.25) is 10.0 Å². The molecule has 0 N–H and O–H groups in total. The summed E-state index contributed by atoms with van der Waals surface area (Å²) in [6.07, 6.45) is 0.947. The van der Waals surface area contributed by atoms with Crippen molar-refractivity contribution in [3.63, 3.8) is 0 Å². The quantitative estimate of drug-likeness (QED) is 0.506. The molecule has 1 saturated heterocycles. The van der Waals surface area contributed by atoms with Gasteiger partial charge in [-0.3, -0.25) is 4.79 Å². The first-order valence-electron chi connectivity index (χ1n) is 10.6. The summed E-state index contributed by atoms with van der Waals surface area (Å²) in [5, 5.41) is 3.94. The van der Waals surface area contributed by atoms with Crippen molar-refractivity contribution in [3.05, 3.63) is 60.3 Å².